The normalized spacial score (nSPS) is 14.8. The van der Waals surface area contributed by atoms with E-state index in [1.54, 1.807) is 67.6 Å². The zero-order valence-corrected chi connectivity index (χ0v) is 24.2. The highest BCUT2D eigenvalue weighted by molar-refractivity contribution is 7.07. The summed E-state index contributed by atoms with van der Waals surface area (Å²) in [5, 5.41) is 0.982. The molecule has 1 aliphatic heterocycles. The molecule has 0 radical (unpaired) electrons. The van der Waals surface area contributed by atoms with Crippen LogP contribution in [0, 0.1) is 0 Å². The second kappa shape index (κ2) is 11.7. The van der Waals surface area contributed by atoms with Crippen molar-refractivity contribution < 1.29 is 23.5 Å². The van der Waals surface area contributed by atoms with Gasteiger partial charge in [0.15, 0.2) is 4.80 Å². The average molecular weight is 609 g/mol. The predicted molar refractivity (Wildman–Crippen MR) is 157 cm³/mol. The van der Waals surface area contributed by atoms with Gasteiger partial charge in [0.25, 0.3) is 5.56 Å². The molecule has 1 unspecified atom stereocenters. The van der Waals surface area contributed by atoms with Gasteiger partial charge in [-0.05, 0) is 55.0 Å². The van der Waals surface area contributed by atoms with Gasteiger partial charge in [0.05, 0.1) is 26.9 Å². The first-order valence-corrected chi connectivity index (χ1v) is 13.9. The van der Waals surface area contributed by atoms with Crippen molar-refractivity contribution in [2.24, 2.45) is 4.99 Å². The number of carbonyl (C=O) groups excluding carboxylic acids is 2. The predicted octanol–water partition coefficient (Wildman–Crippen LogP) is 5.46. The molecule has 11 heteroatoms. The summed E-state index contributed by atoms with van der Waals surface area (Å²) < 4.78 is 18.3. The maximum atomic E-state index is 13.8. The third kappa shape index (κ3) is 5.83. The minimum atomic E-state index is -0.838. The lowest BCUT2D eigenvalue weighted by molar-refractivity contribution is -0.138. The lowest BCUT2D eigenvalue weighted by Crippen LogP contribution is -2.39. The summed E-state index contributed by atoms with van der Waals surface area (Å²) in [6.07, 6.45) is 3.07. The Hall–Kier alpha value is -4.18. The smallest absolute Gasteiger partial charge is 0.338 e. The van der Waals surface area contributed by atoms with Gasteiger partial charge in [-0.2, -0.15) is 0 Å². The second-order valence-corrected chi connectivity index (χ2v) is 10.8. The van der Waals surface area contributed by atoms with Gasteiger partial charge in [-0.15, -0.1) is 0 Å². The molecule has 0 amide bonds. The Morgan fingerprint density at radius 3 is 2.61 bits per heavy atom. The van der Waals surface area contributed by atoms with Crippen LogP contribution in [0.1, 0.15) is 31.2 Å². The highest BCUT2D eigenvalue weighted by Gasteiger charge is 2.33. The van der Waals surface area contributed by atoms with Gasteiger partial charge in [0.1, 0.15) is 23.9 Å². The van der Waals surface area contributed by atoms with E-state index in [9.17, 15) is 14.4 Å². The Labute approximate surface area is 248 Å². The molecule has 1 atom stereocenters. The Bertz CT molecular complexity index is 1900. The molecule has 2 aromatic heterocycles. The Morgan fingerprint density at radius 2 is 1.90 bits per heavy atom. The van der Waals surface area contributed by atoms with E-state index in [0.717, 1.165) is 11.3 Å². The molecule has 0 saturated carbocycles. The van der Waals surface area contributed by atoms with E-state index in [1.165, 1.54) is 17.6 Å². The lowest BCUT2D eigenvalue weighted by Gasteiger charge is -2.24. The van der Waals surface area contributed by atoms with Crippen LogP contribution >= 0.6 is 34.5 Å². The number of fused-ring (bicyclic) bond motifs is 1. The monoisotopic (exact) mass is 608 g/mol. The molecule has 3 heterocycles. The third-order valence-corrected chi connectivity index (χ3v) is 7.67. The molecule has 1 aliphatic rings. The highest BCUT2D eigenvalue weighted by atomic mass is 35.5. The van der Waals surface area contributed by atoms with Crippen LogP contribution in [0.4, 0.5) is 0 Å². The maximum Gasteiger partial charge on any atom is 0.338 e. The van der Waals surface area contributed by atoms with Crippen molar-refractivity contribution in [3.05, 3.63) is 120 Å². The second-order valence-electron chi connectivity index (χ2n) is 8.96. The van der Waals surface area contributed by atoms with Gasteiger partial charge in [0, 0.05) is 23.6 Å². The van der Waals surface area contributed by atoms with Crippen LogP contribution in [0.5, 0.6) is 5.75 Å². The van der Waals surface area contributed by atoms with E-state index in [1.807, 2.05) is 0 Å². The summed E-state index contributed by atoms with van der Waals surface area (Å²) in [4.78, 5) is 43.3. The summed E-state index contributed by atoms with van der Waals surface area (Å²) in [6.45, 7) is 6.58. The van der Waals surface area contributed by atoms with Gasteiger partial charge in [-0.3, -0.25) is 14.2 Å². The van der Waals surface area contributed by atoms with Crippen molar-refractivity contribution in [2.75, 3.05) is 6.61 Å². The largest absolute Gasteiger partial charge is 0.458 e. The van der Waals surface area contributed by atoms with E-state index in [0.29, 0.717) is 53.5 Å². The Kier molecular flexibility index (Phi) is 8.12. The number of benzene rings is 2. The third-order valence-electron chi connectivity index (χ3n) is 6.13. The maximum absolute atomic E-state index is 13.8. The van der Waals surface area contributed by atoms with Gasteiger partial charge < -0.3 is 13.9 Å². The molecule has 0 aliphatic carbocycles. The number of rotatable bonds is 7. The zero-order valence-electron chi connectivity index (χ0n) is 21.9. The van der Waals surface area contributed by atoms with Crippen LogP contribution in [0.2, 0.25) is 10.0 Å². The van der Waals surface area contributed by atoms with Crippen LogP contribution in [0.3, 0.4) is 0 Å². The van der Waals surface area contributed by atoms with Crippen molar-refractivity contribution in [1.29, 1.82) is 0 Å². The summed E-state index contributed by atoms with van der Waals surface area (Å²) >= 11 is 13.6. The first-order chi connectivity index (χ1) is 19.7. The molecule has 41 heavy (non-hydrogen) atoms. The molecule has 0 bridgehead atoms. The number of aromatic nitrogens is 1. The number of thiazole rings is 1. The first-order valence-electron chi connectivity index (χ1n) is 12.3. The molecule has 2 aromatic carbocycles. The van der Waals surface area contributed by atoms with E-state index < -0.39 is 18.0 Å². The molecule has 0 saturated heterocycles. The molecule has 0 N–H and O–H groups in total. The molecular formula is C30H22Cl2N2O6S. The van der Waals surface area contributed by atoms with Crippen molar-refractivity contribution in [2.45, 2.75) is 19.9 Å². The Balaban J connectivity index is 1.61. The average Bonchev–Trinajstić information content (AvgIpc) is 3.52. The summed E-state index contributed by atoms with van der Waals surface area (Å²) in [5.41, 5.74) is 1.47. The number of nitrogens with zero attached hydrogens (tertiary/aromatic N) is 2. The number of ether oxygens (including phenoxy) is 2. The number of esters is 2. The summed E-state index contributed by atoms with van der Waals surface area (Å²) in [6, 6.07) is 14.3. The van der Waals surface area contributed by atoms with E-state index in [-0.39, 0.29) is 17.7 Å². The number of allylic oxidation sites excluding steroid dienone is 1. The number of carbonyl (C=O) groups is 2. The lowest BCUT2D eigenvalue weighted by atomic mass is 9.96. The number of furan rings is 1. The number of hydrogen-bond donors (Lipinski definition) is 0. The molecule has 0 spiro atoms. The van der Waals surface area contributed by atoms with Gasteiger partial charge in [0.2, 0.25) is 0 Å². The standard InChI is InChI=1S/C30H22Cl2N2O6S/c1-4-13-38-29(37)26-16(2)33-30-34(27(26)18-5-8-20(9-6-18)39-17(3)35)28(36)25(41-30)15-21-10-12-24(40-21)22-14-19(31)7-11-23(22)32/h4-12,14-15,27H,1,13H2,2-3H3/b25-15-. The fourth-order valence-corrected chi connectivity index (χ4v) is 5.79. The van der Waals surface area contributed by atoms with Crippen molar-refractivity contribution >= 4 is 52.6 Å². The van der Waals surface area contributed by atoms with Gasteiger partial charge >= 0.3 is 11.9 Å². The van der Waals surface area contributed by atoms with E-state index >= 15 is 0 Å². The number of halogens is 2. The SMILES string of the molecule is C=CCOC(=O)C1=C(C)N=c2s/c(=C\c3ccc(-c4cc(Cl)ccc4Cl)o3)c(=O)n2C1c1ccc(OC(C)=O)cc1. The Morgan fingerprint density at radius 1 is 1.15 bits per heavy atom. The van der Waals surface area contributed by atoms with Crippen LogP contribution in [-0.2, 0) is 14.3 Å². The van der Waals surface area contributed by atoms with Crippen LogP contribution in [-0.4, -0.2) is 23.1 Å². The van der Waals surface area contributed by atoms with Crippen molar-refractivity contribution in [3.63, 3.8) is 0 Å². The summed E-state index contributed by atoms with van der Waals surface area (Å²) in [7, 11) is 0. The molecule has 208 valence electrons. The van der Waals surface area contributed by atoms with Crippen LogP contribution in [0.15, 0.2) is 92.7 Å². The number of hydrogen-bond acceptors (Lipinski definition) is 8. The first kappa shape index (κ1) is 28.4. The quantitative estimate of drug-likeness (QED) is 0.157. The van der Waals surface area contributed by atoms with E-state index in [2.05, 4.69) is 11.6 Å². The molecule has 0 fully saturated rings. The highest BCUT2D eigenvalue weighted by Crippen LogP contribution is 2.33. The summed E-state index contributed by atoms with van der Waals surface area (Å²) in [5.74, 6) is 0.159. The van der Waals surface area contributed by atoms with E-state index in [4.69, 9.17) is 37.1 Å². The minimum absolute atomic E-state index is 0.00435. The fourth-order valence-electron chi connectivity index (χ4n) is 4.39. The molecule has 8 nitrogen and oxygen atoms in total. The van der Waals surface area contributed by atoms with Crippen molar-refractivity contribution in [1.82, 2.24) is 4.57 Å². The van der Waals surface area contributed by atoms with Crippen molar-refractivity contribution in [3.8, 4) is 17.1 Å². The molecular weight excluding hydrogens is 587 g/mol. The zero-order chi connectivity index (χ0) is 29.3. The topological polar surface area (TPSA) is 100 Å². The van der Waals surface area contributed by atoms with Gasteiger partial charge in [-0.1, -0.05) is 59.3 Å². The van der Waals surface area contributed by atoms with Gasteiger partial charge in [-0.25, -0.2) is 9.79 Å². The molecule has 4 aromatic rings. The fraction of sp³-hybridized carbons (Fsp3) is 0.133. The van der Waals surface area contributed by atoms with Crippen LogP contribution in [0.25, 0.3) is 17.4 Å². The molecule has 5 rings (SSSR count). The van der Waals surface area contributed by atoms with Crippen LogP contribution < -0.4 is 19.6 Å². The minimum Gasteiger partial charge on any atom is -0.458 e.